The first-order valence-electron chi connectivity index (χ1n) is 6.58. The Bertz CT molecular complexity index is 718. The monoisotopic (exact) mass is 320 g/mol. The van der Waals surface area contributed by atoms with Crippen LogP contribution in [0.15, 0.2) is 60.7 Å². The minimum atomic E-state index is -4.15. The molecule has 0 saturated carbocycles. The third-order valence-corrected chi connectivity index (χ3v) is 4.04. The van der Waals surface area contributed by atoms with Gasteiger partial charge in [0.1, 0.15) is 0 Å². The molecule has 3 N–H and O–H groups in total. The van der Waals surface area contributed by atoms with Gasteiger partial charge in [-0.05, 0) is 17.5 Å². The fourth-order valence-corrected chi connectivity index (χ4v) is 2.98. The lowest BCUT2D eigenvalue weighted by molar-refractivity contribution is 0.201. The van der Waals surface area contributed by atoms with E-state index in [1.54, 1.807) is 24.3 Å². The number of rotatable bonds is 6. The van der Waals surface area contributed by atoms with E-state index in [1.807, 2.05) is 36.4 Å². The van der Waals surface area contributed by atoms with Gasteiger partial charge < -0.3 is 5.11 Å². The molecule has 0 radical (unpaired) electrons. The normalized spacial score (nSPS) is 12.5. The quantitative estimate of drug-likeness (QED) is 0.759. The second-order valence-electron chi connectivity index (χ2n) is 4.68. The van der Waals surface area contributed by atoms with Gasteiger partial charge in [0.15, 0.2) is 0 Å². The predicted octanol–water partition coefficient (Wildman–Crippen LogP) is 2.07. The summed E-state index contributed by atoms with van der Waals surface area (Å²) in [5.74, 6) is 0. The van der Waals surface area contributed by atoms with Gasteiger partial charge in [-0.25, -0.2) is 9.52 Å². The van der Waals surface area contributed by atoms with Crippen LogP contribution in [0.25, 0.3) is 0 Å². The number of nitrogens with one attached hydrogen (secondary N) is 2. The van der Waals surface area contributed by atoms with Crippen molar-refractivity contribution in [2.45, 2.75) is 12.5 Å². The fraction of sp³-hybridized carbons (Fsp3) is 0.133. The highest BCUT2D eigenvalue weighted by Gasteiger charge is 2.21. The Kier molecular flexibility index (Phi) is 5.13. The third-order valence-electron chi connectivity index (χ3n) is 3.00. The predicted molar refractivity (Wildman–Crippen MR) is 82.5 cm³/mol. The molecule has 1 unspecified atom stereocenters. The number of hydrogen-bond donors (Lipinski definition) is 3. The first-order chi connectivity index (χ1) is 10.5. The Morgan fingerprint density at radius 1 is 1.00 bits per heavy atom. The van der Waals surface area contributed by atoms with Crippen molar-refractivity contribution in [1.29, 1.82) is 0 Å². The van der Waals surface area contributed by atoms with E-state index in [-0.39, 0.29) is 0 Å². The van der Waals surface area contributed by atoms with Crippen molar-refractivity contribution in [3.8, 4) is 0 Å². The van der Waals surface area contributed by atoms with E-state index < -0.39 is 22.3 Å². The molecule has 1 atom stereocenters. The molecule has 7 heteroatoms. The maximum Gasteiger partial charge on any atom is 0.419 e. The summed E-state index contributed by atoms with van der Waals surface area (Å²) in [6, 6.07) is 17.8. The summed E-state index contributed by atoms with van der Waals surface area (Å²) in [6.07, 6.45) is -1.22. The topological polar surface area (TPSA) is 95.5 Å². The van der Waals surface area contributed by atoms with Crippen LogP contribution in [0, 0.1) is 0 Å². The number of carboxylic acid groups (broad SMARTS) is 1. The zero-order chi connectivity index (χ0) is 16.0. The van der Waals surface area contributed by atoms with Gasteiger partial charge in [0, 0.05) is 0 Å². The smallest absolute Gasteiger partial charge is 0.419 e. The summed E-state index contributed by atoms with van der Waals surface area (Å²) in [5.41, 5.74) is 1.69. The summed E-state index contributed by atoms with van der Waals surface area (Å²) in [6.45, 7) is 0. The second kappa shape index (κ2) is 7.06. The summed E-state index contributed by atoms with van der Waals surface area (Å²) in [4.78, 5) is 10.6. The van der Waals surface area contributed by atoms with Gasteiger partial charge >= 0.3 is 16.3 Å². The third kappa shape index (κ3) is 4.87. The van der Waals surface area contributed by atoms with Crippen molar-refractivity contribution in [2.75, 3.05) is 0 Å². The molecular formula is C15H16N2O4S. The molecule has 0 spiro atoms. The molecule has 0 aliphatic carbocycles. The highest BCUT2D eigenvalue weighted by atomic mass is 32.2. The second-order valence-corrected chi connectivity index (χ2v) is 6.13. The molecule has 22 heavy (non-hydrogen) atoms. The van der Waals surface area contributed by atoms with Crippen LogP contribution in [0.3, 0.4) is 0 Å². The zero-order valence-corrected chi connectivity index (χ0v) is 12.5. The van der Waals surface area contributed by atoms with Crippen LogP contribution < -0.4 is 9.44 Å². The Labute approximate surface area is 129 Å². The SMILES string of the molecule is O=C(O)NS(=O)(=O)NC(Cc1ccccc1)c1ccccc1. The molecule has 0 heterocycles. The van der Waals surface area contributed by atoms with Crippen LogP contribution >= 0.6 is 0 Å². The number of benzene rings is 2. The summed E-state index contributed by atoms with van der Waals surface area (Å²) < 4.78 is 27.5. The van der Waals surface area contributed by atoms with Gasteiger partial charge in [0.05, 0.1) is 6.04 Å². The first-order valence-corrected chi connectivity index (χ1v) is 8.06. The van der Waals surface area contributed by atoms with E-state index in [2.05, 4.69) is 4.72 Å². The summed E-state index contributed by atoms with van der Waals surface area (Å²) in [7, 11) is -4.15. The minimum Gasteiger partial charge on any atom is -0.464 e. The zero-order valence-electron chi connectivity index (χ0n) is 11.6. The Morgan fingerprint density at radius 3 is 2.09 bits per heavy atom. The van der Waals surface area contributed by atoms with E-state index in [4.69, 9.17) is 5.11 Å². The van der Waals surface area contributed by atoms with Crippen LogP contribution in [0.4, 0.5) is 4.79 Å². The van der Waals surface area contributed by atoms with Crippen LogP contribution in [0.1, 0.15) is 17.2 Å². The number of amides is 1. The molecule has 0 aliphatic rings. The lowest BCUT2D eigenvalue weighted by Crippen LogP contribution is -2.41. The van der Waals surface area contributed by atoms with Crippen molar-refractivity contribution < 1.29 is 18.3 Å². The maximum atomic E-state index is 11.8. The van der Waals surface area contributed by atoms with E-state index in [9.17, 15) is 13.2 Å². The lowest BCUT2D eigenvalue weighted by Gasteiger charge is -2.19. The van der Waals surface area contributed by atoms with Gasteiger partial charge in [0.2, 0.25) is 0 Å². The lowest BCUT2D eigenvalue weighted by atomic mass is 10.00. The van der Waals surface area contributed by atoms with E-state index in [0.717, 1.165) is 11.1 Å². The highest BCUT2D eigenvalue weighted by molar-refractivity contribution is 7.88. The summed E-state index contributed by atoms with van der Waals surface area (Å²) in [5, 5.41) is 8.59. The van der Waals surface area contributed by atoms with Gasteiger partial charge in [-0.2, -0.15) is 13.1 Å². The average Bonchev–Trinajstić information content (AvgIpc) is 2.47. The molecule has 2 aromatic carbocycles. The minimum absolute atomic E-state index is 0.408. The van der Waals surface area contributed by atoms with Gasteiger partial charge in [0.25, 0.3) is 0 Å². The van der Waals surface area contributed by atoms with Crippen LogP contribution in [0.2, 0.25) is 0 Å². The number of carbonyl (C=O) groups is 1. The van der Waals surface area contributed by atoms with Crippen molar-refractivity contribution in [3.63, 3.8) is 0 Å². The molecule has 1 amide bonds. The Balaban J connectivity index is 2.24. The van der Waals surface area contributed by atoms with Gasteiger partial charge in [-0.1, -0.05) is 60.7 Å². The fourth-order valence-electron chi connectivity index (χ4n) is 2.09. The largest absolute Gasteiger partial charge is 0.464 e. The standard InChI is InChI=1S/C15H16N2O4S/c18-15(19)17-22(20,21)16-14(13-9-5-2-6-10-13)11-12-7-3-1-4-8-12/h1-10,14,16-17H,11H2,(H,18,19). The summed E-state index contributed by atoms with van der Waals surface area (Å²) >= 11 is 0. The van der Waals surface area contributed by atoms with E-state index in [1.165, 1.54) is 4.72 Å². The molecule has 2 rings (SSSR count). The van der Waals surface area contributed by atoms with Gasteiger partial charge in [-0.3, -0.25) is 0 Å². The molecule has 0 aliphatic heterocycles. The molecular weight excluding hydrogens is 304 g/mol. The van der Waals surface area contributed by atoms with Crippen molar-refractivity contribution >= 4 is 16.3 Å². The van der Waals surface area contributed by atoms with E-state index >= 15 is 0 Å². The molecule has 6 nitrogen and oxygen atoms in total. The molecule has 116 valence electrons. The maximum absolute atomic E-state index is 11.8. The van der Waals surface area contributed by atoms with Crippen molar-refractivity contribution in [2.24, 2.45) is 0 Å². The van der Waals surface area contributed by atoms with Crippen molar-refractivity contribution in [1.82, 2.24) is 9.44 Å². The van der Waals surface area contributed by atoms with Crippen LogP contribution in [0.5, 0.6) is 0 Å². The number of hydrogen-bond acceptors (Lipinski definition) is 3. The average molecular weight is 320 g/mol. The van der Waals surface area contributed by atoms with Crippen molar-refractivity contribution in [3.05, 3.63) is 71.8 Å². The molecule has 0 bridgehead atoms. The van der Waals surface area contributed by atoms with Crippen LogP contribution in [-0.4, -0.2) is 19.6 Å². The molecule has 0 aromatic heterocycles. The first kappa shape index (κ1) is 16.0. The van der Waals surface area contributed by atoms with E-state index in [0.29, 0.717) is 6.42 Å². The van der Waals surface area contributed by atoms with Crippen LogP contribution in [-0.2, 0) is 16.6 Å². The molecule has 0 saturated heterocycles. The Morgan fingerprint density at radius 2 is 1.55 bits per heavy atom. The highest BCUT2D eigenvalue weighted by Crippen LogP contribution is 2.19. The van der Waals surface area contributed by atoms with Gasteiger partial charge in [-0.15, -0.1) is 0 Å². The Hall–Kier alpha value is -2.38. The molecule has 2 aromatic rings. The molecule has 0 fully saturated rings.